The third kappa shape index (κ3) is 4.11. The van der Waals surface area contributed by atoms with Crippen molar-refractivity contribution in [3.8, 4) is 0 Å². The molecule has 1 aliphatic heterocycles. The first-order chi connectivity index (χ1) is 7.64. The molecular weight excluding hydrogens is 230 g/mol. The van der Waals surface area contributed by atoms with Gasteiger partial charge in [0.05, 0.1) is 6.04 Å². The van der Waals surface area contributed by atoms with Gasteiger partial charge in [-0.05, 0) is 20.8 Å². The van der Waals surface area contributed by atoms with E-state index in [4.69, 9.17) is 10.5 Å². The summed E-state index contributed by atoms with van der Waals surface area (Å²) in [6, 6.07) is -0.645. The molecule has 1 heterocycles. The zero-order valence-corrected chi connectivity index (χ0v) is 10.5. The number of hydrogen-bond acceptors (Lipinski definition) is 3. The number of rotatable bonds is 1. The van der Waals surface area contributed by atoms with Crippen molar-refractivity contribution in [2.75, 3.05) is 13.1 Å². The first-order valence-corrected chi connectivity index (χ1v) is 5.72. The van der Waals surface area contributed by atoms with Gasteiger partial charge in [-0.2, -0.15) is 0 Å². The number of alkyl halides is 2. The summed E-state index contributed by atoms with van der Waals surface area (Å²) in [6.45, 7) is 5.22. The van der Waals surface area contributed by atoms with E-state index < -0.39 is 23.7 Å². The molecule has 1 rings (SSSR count). The van der Waals surface area contributed by atoms with Crippen molar-refractivity contribution in [2.45, 2.75) is 51.2 Å². The van der Waals surface area contributed by atoms with Gasteiger partial charge in [0.2, 0.25) is 0 Å². The van der Waals surface area contributed by atoms with Gasteiger partial charge in [-0.3, -0.25) is 0 Å². The van der Waals surface area contributed by atoms with Crippen LogP contribution in [0.4, 0.5) is 13.6 Å². The minimum Gasteiger partial charge on any atom is -0.444 e. The zero-order chi connectivity index (χ0) is 13.3. The number of carbonyl (C=O) groups excluding carboxylic acids is 1. The highest BCUT2D eigenvalue weighted by Crippen LogP contribution is 2.32. The average molecular weight is 250 g/mol. The Kier molecular flexibility index (Phi) is 3.96. The normalized spacial score (nSPS) is 24.6. The quantitative estimate of drug-likeness (QED) is 0.774. The van der Waals surface area contributed by atoms with E-state index in [-0.39, 0.29) is 25.9 Å². The molecule has 0 spiro atoms. The maximum Gasteiger partial charge on any atom is 0.410 e. The van der Waals surface area contributed by atoms with Crippen LogP contribution < -0.4 is 5.73 Å². The summed E-state index contributed by atoms with van der Waals surface area (Å²) in [5.74, 6) is -2.73. The lowest BCUT2D eigenvalue weighted by Crippen LogP contribution is -2.53. The number of ether oxygens (including phenoxy) is 1. The molecular formula is C11H20F2N2O2. The van der Waals surface area contributed by atoms with Gasteiger partial charge in [0, 0.05) is 25.9 Å². The highest BCUT2D eigenvalue weighted by Gasteiger charge is 2.42. The van der Waals surface area contributed by atoms with E-state index in [1.54, 1.807) is 20.8 Å². The van der Waals surface area contributed by atoms with Crippen LogP contribution in [0.1, 0.15) is 33.6 Å². The standard InChI is InChI=1S/C11H20F2N2O2/c1-10(2,3)17-9(16)15-5-4-11(12,13)6-8(15)7-14/h8H,4-7,14H2,1-3H3/t8-/m1/s1. The molecule has 0 bridgehead atoms. The summed E-state index contributed by atoms with van der Waals surface area (Å²) in [5, 5.41) is 0. The molecule has 100 valence electrons. The number of nitrogens with two attached hydrogens (primary N) is 1. The van der Waals surface area contributed by atoms with E-state index in [0.29, 0.717) is 0 Å². The van der Waals surface area contributed by atoms with Crippen molar-refractivity contribution >= 4 is 6.09 Å². The molecule has 0 unspecified atom stereocenters. The Morgan fingerprint density at radius 1 is 1.53 bits per heavy atom. The Morgan fingerprint density at radius 3 is 2.59 bits per heavy atom. The smallest absolute Gasteiger partial charge is 0.410 e. The Balaban J connectivity index is 2.67. The fraction of sp³-hybridized carbons (Fsp3) is 0.909. The van der Waals surface area contributed by atoms with Gasteiger partial charge in [0.1, 0.15) is 5.60 Å². The van der Waals surface area contributed by atoms with Crippen LogP contribution in [0.5, 0.6) is 0 Å². The first-order valence-electron chi connectivity index (χ1n) is 5.72. The van der Waals surface area contributed by atoms with Crippen molar-refractivity contribution in [3.05, 3.63) is 0 Å². The second-order valence-electron chi connectivity index (χ2n) is 5.37. The molecule has 1 amide bonds. The Morgan fingerprint density at radius 2 is 2.12 bits per heavy atom. The molecule has 0 radical (unpaired) electrons. The fourth-order valence-electron chi connectivity index (χ4n) is 1.80. The lowest BCUT2D eigenvalue weighted by Gasteiger charge is -2.39. The topological polar surface area (TPSA) is 55.6 Å². The monoisotopic (exact) mass is 250 g/mol. The molecule has 1 atom stereocenters. The van der Waals surface area contributed by atoms with Crippen molar-refractivity contribution < 1.29 is 18.3 Å². The summed E-state index contributed by atoms with van der Waals surface area (Å²) in [6.07, 6.45) is -1.28. The number of nitrogens with zero attached hydrogens (tertiary/aromatic N) is 1. The predicted octanol–water partition coefficient (Wildman–Crippen LogP) is 1.98. The minimum atomic E-state index is -2.73. The third-order valence-electron chi connectivity index (χ3n) is 2.59. The van der Waals surface area contributed by atoms with Gasteiger partial charge in [-0.25, -0.2) is 13.6 Å². The molecule has 4 nitrogen and oxygen atoms in total. The van der Waals surface area contributed by atoms with Gasteiger partial charge < -0.3 is 15.4 Å². The number of likely N-dealkylation sites (tertiary alicyclic amines) is 1. The lowest BCUT2D eigenvalue weighted by atomic mass is 9.99. The number of carbonyl (C=O) groups is 1. The maximum absolute atomic E-state index is 13.2. The van der Waals surface area contributed by atoms with Gasteiger partial charge in [-0.1, -0.05) is 0 Å². The minimum absolute atomic E-state index is 0.0101. The summed E-state index contributed by atoms with van der Waals surface area (Å²) in [5.41, 5.74) is 4.80. The van der Waals surface area contributed by atoms with Crippen molar-refractivity contribution in [2.24, 2.45) is 5.73 Å². The van der Waals surface area contributed by atoms with Gasteiger partial charge in [0.15, 0.2) is 0 Å². The van der Waals surface area contributed by atoms with E-state index >= 15 is 0 Å². The van der Waals surface area contributed by atoms with Gasteiger partial charge in [-0.15, -0.1) is 0 Å². The molecule has 0 aromatic heterocycles. The van der Waals surface area contributed by atoms with Crippen molar-refractivity contribution in [3.63, 3.8) is 0 Å². The lowest BCUT2D eigenvalue weighted by molar-refractivity contribution is -0.0780. The van der Waals surface area contributed by atoms with Crippen LogP contribution in [-0.4, -0.2) is 41.6 Å². The largest absolute Gasteiger partial charge is 0.444 e. The molecule has 0 aliphatic carbocycles. The molecule has 0 aromatic carbocycles. The molecule has 1 aliphatic rings. The van der Waals surface area contributed by atoms with Crippen LogP contribution in [-0.2, 0) is 4.74 Å². The van der Waals surface area contributed by atoms with E-state index in [1.165, 1.54) is 4.90 Å². The fourth-order valence-corrected chi connectivity index (χ4v) is 1.80. The third-order valence-corrected chi connectivity index (χ3v) is 2.59. The Labute approximate surface area is 100 Å². The Bertz CT molecular complexity index is 290. The molecule has 17 heavy (non-hydrogen) atoms. The second-order valence-corrected chi connectivity index (χ2v) is 5.37. The zero-order valence-electron chi connectivity index (χ0n) is 10.5. The molecule has 6 heteroatoms. The average Bonchev–Trinajstić information content (AvgIpc) is 2.13. The van der Waals surface area contributed by atoms with Crippen LogP contribution in [0.3, 0.4) is 0 Å². The van der Waals surface area contributed by atoms with Crippen LogP contribution in [0.15, 0.2) is 0 Å². The number of halogens is 2. The molecule has 1 fully saturated rings. The molecule has 0 aromatic rings. The molecule has 2 N–H and O–H groups in total. The second kappa shape index (κ2) is 4.76. The summed E-state index contributed by atoms with van der Waals surface area (Å²) in [7, 11) is 0. The Hall–Kier alpha value is -0.910. The SMILES string of the molecule is CC(C)(C)OC(=O)N1CCC(F)(F)C[C@@H]1CN. The summed E-state index contributed by atoms with van der Waals surface area (Å²) < 4.78 is 31.5. The van der Waals surface area contributed by atoms with Gasteiger partial charge >= 0.3 is 6.09 Å². The van der Waals surface area contributed by atoms with Crippen LogP contribution in [0.2, 0.25) is 0 Å². The number of piperidine rings is 1. The number of amides is 1. The first kappa shape index (κ1) is 14.2. The van der Waals surface area contributed by atoms with Crippen LogP contribution >= 0.6 is 0 Å². The molecule has 1 saturated heterocycles. The molecule has 0 saturated carbocycles. The van der Waals surface area contributed by atoms with E-state index in [9.17, 15) is 13.6 Å². The van der Waals surface area contributed by atoms with E-state index in [0.717, 1.165) is 0 Å². The highest BCUT2D eigenvalue weighted by atomic mass is 19.3. The van der Waals surface area contributed by atoms with Gasteiger partial charge in [0.25, 0.3) is 5.92 Å². The van der Waals surface area contributed by atoms with E-state index in [1.807, 2.05) is 0 Å². The summed E-state index contributed by atoms with van der Waals surface area (Å²) in [4.78, 5) is 13.1. The van der Waals surface area contributed by atoms with Crippen LogP contribution in [0.25, 0.3) is 0 Å². The highest BCUT2D eigenvalue weighted by molar-refractivity contribution is 5.68. The number of hydrogen-bond donors (Lipinski definition) is 1. The van der Waals surface area contributed by atoms with E-state index in [2.05, 4.69) is 0 Å². The van der Waals surface area contributed by atoms with Crippen molar-refractivity contribution in [1.29, 1.82) is 0 Å². The van der Waals surface area contributed by atoms with Crippen molar-refractivity contribution in [1.82, 2.24) is 4.90 Å². The van der Waals surface area contributed by atoms with Crippen LogP contribution in [0, 0.1) is 0 Å². The maximum atomic E-state index is 13.2. The predicted molar refractivity (Wildman–Crippen MR) is 60.0 cm³/mol. The summed E-state index contributed by atoms with van der Waals surface area (Å²) >= 11 is 0.